The third-order valence-corrected chi connectivity index (χ3v) is 12.2. The quantitative estimate of drug-likeness (QED) is 0.161. The number of fused-ring (bicyclic) bond motifs is 9. The van der Waals surface area contributed by atoms with Crippen molar-refractivity contribution in [3.8, 4) is 33.4 Å². The topological polar surface area (TPSA) is 3.24 Å². The number of benzene rings is 10. The first-order chi connectivity index (χ1) is 27.5. The van der Waals surface area contributed by atoms with E-state index in [9.17, 15) is 0 Å². The van der Waals surface area contributed by atoms with Gasteiger partial charge in [-0.25, -0.2) is 0 Å². The SMILES string of the molecule is CC1(C)c2ccccc2-c2cccc(N(c3ccc(-c4ccc5c(ccc6ccccc65)c4)cc3)c3ccc(-c4cccc5c4ccc4ccccc45)cc3)c21. The molecule has 0 saturated heterocycles. The largest absolute Gasteiger partial charge is 0.310 e. The Morgan fingerprint density at radius 1 is 0.339 bits per heavy atom. The van der Waals surface area contributed by atoms with Crippen molar-refractivity contribution in [2.24, 2.45) is 0 Å². The van der Waals surface area contributed by atoms with E-state index < -0.39 is 0 Å². The van der Waals surface area contributed by atoms with Crippen LogP contribution in [0.3, 0.4) is 0 Å². The Balaban J connectivity index is 1.04. The number of rotatable bonds is 5. The first kappa shape index (κ1) is 32.5. The van der Waals surface area contributed by atoms with Crippen molar-refractivity contribution < 1.29 is 0 Å². The predicted molar refractivity (Wildman–Crippen MR) is 240 cm³/mol. The van der Waals surface area contributed by atoms with Crippen LogP contribution in [-0.4, -0.2) is 0 Å². The summed E-state index contributed by atoms with van der Waals surface area (Å²) < 4.78 is 0. The Kier molecular flexibility index (Phi) is 7.28. The van der Waals surface area contributed by atoms with Gasteiger partial charge in [-0.1, -0.05) is 178 Å². The third kappa shape index (κ3) is 5.01. The van der Waals surface area contributed by atoms with Crippen LogP contribution in [0.4, 0.5) is 17.1 Å². The highest BCUT2D eigenvalue weighted by Gasteiger charge is 2.38. The second-order valence-corrected chi connectivity index (χ2v) is 15.7. The van der Waals surface area contributed by atoms with Gasteiger partial charge in [0.15, 0.2) is 0 Å². The molecule has 0 fully saturated rings. The standard InChI is InChI=1S/C55H39N/c1-55(2)52-19-8-7-15-50(52)51-18-10-20-53(54(51)55)56(42-29-23-36(24-30-42)40-28-33-47-41(35-40)22-21-37-11-3-5-13-44(37)47)43-31-25-39(26-32-43)46-16-9-17-48-45-14-6-4-12-38(45)27-34-49(46)48/h3-35H,1-2H3. The minimum Gasteiger partial charge on any atom is -0.310 e. The Labute approximate surface area is 327 Å². The molecule has 0 unspecified atom stereocenters. The number of nitrogens with zero attached hydrogens (tertiary/aromatic N) is 1. The van der Waals surface area contributed by atoms with Crippen molar-refractivity contribution in [3.05, 3.63) is 211 Å². The van der Waals surface area contributed by atoms with Gasteiger partial charge in [0, 0.05) is 16.8 Å². The third-order valence-electron chi connectivity index (χ3n) is 12.2. The molecule has 0 aromatic heterocycles. The van der Waals surface area contributed by atoms with Crippen molar-refractivity contribution in [3.63, 3.8) is 0 Å². The van der Waals surface area contributed by atoms with Gasteiger partial charge in [-0.3, -0.25) is 0 Å². The molecule has 10 aromatic rings. The van der Waals surface area contributed by atoms with E-state index in [2.05, 4.69) is 219 Å². The maximum Gasteiger partial charge on any atom is 0.0508 e. The van der Waals surface area contributed by atoms with Crippen molar-refractivity contribution >= 4 is 60.2 Å². The summed E-state index contributed by atoms with van der Waals surface area (Å²) in [6, 6.07) is 73.9. The average Bonchev–Trinajstić information content (AvgIpc) is 3.50. The van der Waals surface area contributed by atoms with E-state index in [1.54, 1.807) is 0 Å². The van der Waals surface area contributed by atoms with E-state index in [-0.39, 0.29) is 5.41 Å². The lowest BCUT2D eigenvalue weighted by atomic mass is 9.81. The fraction of sp³-hybridized carbons (Fsp3) is 0.0545. The zero-order chi connectivity index (χ0) is 37.4. The normalized spacial score (nSPS) is 13.0. The highest BCUT2D eigenvalue weighted by molar-refractivity contribution is 6.12. The monoisotopic (exact) mass is 713 g/mol. The van der Waals surface area contributed by atoms with E-state index in [1.807, 2.05) is 0 Å². The van der Waals surface area contributed by atoms with Gasteiger partial charge in [0.2, 0.25) is 0 Å². The molecule has 0 amide bonds. The molecule has 0 spiro atoms. The molecule has 0 bridgehead atoms. The first-order valence-corrected chi connectivity index (χ1v) is 19.6. The van der Waals surface area contributed by atoms with Gasteiger partial charge >= 0.3 is 0 Å². The molecule has 11 rings (SSSR count). The summed E-state index contributed by atoms with van der Waals surface area (Å²) in [6.45, 7) is 4.75. The van der Waals surface area contributed by atoms with Crippen molar-refractivity contribution in [1.82, 2.24) is 0 Å². The number of anilines is 3. The second-order valence-electron chi connectivity index (χ2n) is 15.7. The molecule has 0 saturated carbocycles. The first-order valence-electron chi connectivity index (χ1n) is 19.6. The molecule has 0 radical (unpaired) electrons. The molecular weight excluding hydrogens is 675 g/mol. The summed E-state index contributed by atoms with van der Waals surface area (Å²) in [4.78, 5) is 2.46. The zero-order valence-corrected chi connectivity index (χ0v) is 31.5. The molecule has 1 aliphatic rings. The lowest BCUT2D eigenvalue weighted by molar-refractivity contribution is 0.661. The van der Waals surface area contributed by atoms with Gasteiger partial charge in [-0.05, 0) is 124 Å². The lowest BCUT2D eigenvalue weighted by Gasteiger charge is -2.32. The lowest BCUT2D eigenvalue weighted by Crippen LogP contribution is -2.20. The molecule has 1 heteroatoms. The van der Waals surface area contributed by atoms with E-state index in [0.29, 0.717) is 0 Å². The summed E-state index contributed by atoms with van der Waals surface area (Å²) in [5.74, 6) is 0. The molecule has 0 heterocycles. The van der Waals surface area contributed by atoms with Crippen LogP contribution in [0, 0.1) is 0 Å². The van der Waals surface area contributed by atoms with Gasteiger partial charge in [-0.15, -0.1) is 0 Å². The van der Waals surface area contributed by atoms with E-state index >= 15 is 0 Å². The highest BCUT2D eigenvalue weighted by atomic mass is 15.1. The summed E-state index contributed by atoms with van der Waals surface area (Å²) in [5, 5.41) is 10.2. The maximum atomic E-state index is 2.46. The predicted octanol–water partition coefficient (Wildman–Crippen LogP) is 15.4. The Morgan fingerprint density at radius 3 is 1.62 bits per heavy atom. The van der Waals surface area contributed by atoms with Gasteiger partial charge < -0.3 is 4.90 Å². The summed E-state index contributed by atoms with van der Waals surface area (Å²) >= 11 is 0. The molecule has 0 aliphatic heterocycles. The zero-order valence-electron chi connectivity index (χ0n) is 31.5. The minimum absolute atomic E-state index is 0.165. The Morgan fingerprint density at radius 2 is 0.857 bits per heavy atom. The second kappa shape index (κ2) is 12.5. The van der Waals surface area contributed by atoms with E-state index in [1.165, 1.54) is 93.3 Å². The molecule has 56 heavy (non-hydrogen) atoms. The maximum absolute atomic E-state index is 2.46. The smallest absolute Gasteiger partial charge is 0.0508 e. The van der Waals surface area contributed by atoms with Gasteiger partial charge in [0.1, 0.15) is 0 Å². The van der Waals surface area contributed by atoms with Crippen LogP contribution in [-0.2, 0) is 5.41 Å². The molecule has 10 aromatic carbocycles. The molecule has 0 N–H and O–H groups in total. The van der Waals surface area contributed by atoms with Crippen molar-refractivity contribution in [2.75, 3.05) is 4.90 Å². The fourth-order valence-electron chi connectivity index (χ4n) is 9.51. The van der Waals surface area contributed by atoms with Crippen LogP contribution in [0.2, 0.25) is 0 Å². The molecular formula is C55H39N. The van der Waals surface area contributed by atoms with E-state index in [4.69, 9.17) is 0 Å². The molecule has 0 atom stereocenters. The molecule has 264 valence electrons. The summed E-state index contributed by atoms with van der Waals surface area (Å²) in [5.41, 5.74) is 13.5. The van der Waals surface area contributed by atoms with Crippen LogP contribution in [0.1, 0.15) is 25.0 Å². The highest BCUT2D eigenvalue weighted by Crippen LogP contribution is 2.54. The van der Waals surface area contributed by atoms with Crippen LogP contribution >= 0.6 is 0 Å². The summed E-state index contributed by atoms with van der Waals surface area (Å²) in [7, 11) is 0. The van der Waals surface area contributed by atoms with Crippen LogP contribution in [0.25, 0.3) is 76.5 Å². The van der Waals surface area contributed by atoms with Gasteiger partial charge in [0.05, 0.1) is 5.69 Å². The Bertz CT molecular complexity index is 3150. The van der Waals surface area contributed by atoms with Crippen LogP contribution in [0.15, 0.2) is 200 Å². The number of hydrogen-bond acceptors (Lipinski definition) is 1. The average molecular weight is 714 g/mol. The molecule has 1 nitrogen and oxygen atoms in total. The van der Waals surface area contributed by atoms with Crippen LogP contribution in [0.5, 0.6) is 0 Å². The Hall–Kier alpha value is -6.96. The van der Waals surface area contributed by atoms with Crippen molar-refractivity contribution in [2.45, 2.75) is 19.3 Å². The van der Waals surface area contributed by atoms with Crippen LogP contribution < -0.4 is 4.90 Å². The van der Waals surface area contributed by atoms with E-state index in [0.717, 1.165) is 11.4 Å². The summed E-state index contributed by atoms with van der Waals surface area (Å²) in [6.07, 6.45) is 0. The minimum atomic E-state index is -0.165. The number of hydrogen-bond donors (Lipinski definition) is 0. The van der Waals surface area contributed by atoms with Crippen molar-refractivity contribution in [1.29, 1.82) is 0 Å². The van der Waals surface area contributed by atoms with Gasteiger partial charge in [0.25, 0.3) is 0 Å². The fourth-order valence-corrected chi connectivity index (χ4v) is 9.51. The van der Waals surface area contributed by atoms with Gasteiger partial charge in [-0.2, -0.15) is 0 Å². The molecule has 1 aliphatic carbocycles.